The van der Waals surface area contributed by atoms with Gasteiger partial charge in [0.1, 0.15) is 12.2 Å². The highest BCUT2D eigenvalue weighted by atomic mass is 32.1. The van der Waals surface area contributed by atoms with Crippen LogP contribution in [0, 0.1) is 0 Å². The Morgan fingerprint density at radius 1 is 1.53 bits per heavy atom. The molecule has 0 saturated carbocycles. The van der Waals surface area contributed by atoms with E-state index in [0.717, 1.165) is 5.01 Å². The van der Waals surface area contributed by atoms with Gasteiger partial charge in [-0.1, -0.05) is 13.8 Å². The van der Waals surface area contributed by atoms with Crippen molar-refractivity contribution < 1.29 is 19.4 Å². The fourth-order valence-corrected chi connectivity index (χ4v) is 2.24. The summed E-state index contributed by atoms with van der Waals surface area (Å²) in [6, 6.07) is 0. The van der Waals surface area contributed by atoms with E-state index in [4.69, 9.17) is 9.84 Å². The van der Waals surface area contributed by atoms with Crippen molar-refractivity contribution in [1.82, 2.24) is 9.88 Å². The summed E-state index contributed by atoms with van der Waals surface area (Å²) in [5.41, 5.74) is 0.297. The summed E-state index contributed by atoms with van der Waals surface area (Å²) < 4.78 is 4.88. The lowest BCUT2D eigenvalue weighted by molar-refractivity contribution is -0.137. The third-order valence-corrected chi connectivity index (χ3v) is 3.56. The average Bonchev–Trinajstić information content (AvgIpc) is 2.82. The molecule has 0 aromatic carbocycles. The summed E-state index contributed by atoms with van der Waals surface area (Å²) >= 11 is 1.41. The Morgan fingerprint density at radius 3 is 2.68 bits per heavy atom. The number of methoxy groups -OCH3 is 1. The van der Waals surface area contributed by atoms with Crippen LogP contribution in [-0.4, -0.2) is 53.7 Å². The van der Waals surface area contributed by atoms with Crippen LogP contribution in [0.4, 0.5) is 0 Å². The molecule has 1 N–H and O–H groups in total. The summed E-state index contributed by atoms with van der Waals surface area (Å²) in [6.45, 7) is 4.16. The molecule has 0 radical (unpaired) electrons. The normalized spacial score (nSPS) is 10.7. The minimum absolute atomic E-state index is 0.232. The van der Waals surface area contributed by atoms with Crippen LogP contribution in [0.5, 0.6) is 0 Å². The summed E-state index contributed by atoms with van der Waals surface area (Å²) in [6.07, 6.45) is 0. The van der Waals surface area contributed by atoms with Crippen molar-refractivity contribution in [2.75, 3.05) is 26.8 Å². The quantitative estimate of drug-likeness (QED) is 0.820. The van der Waals surface area contributed by atoms with Gasteiger partial charge in [-0.05, 0) is 0 Å². The van der Waals surface area contributed by atoms with E-state index in [-0.39, 0.29) is 24.9 Å². The molecule has 0 bridgehead atoms. The van der Waals surface area contributed by atoms with E-state index in [1.165, 1.54) is 23.3 Å². The molecule has 0 fully saturated rings. The van der Waals surface area contributed by atoms with Gasteiger partial charge in [0.05, 0.1) is 11.6 Å². The maximum atomic E-state index is 12.2. The molecule has 1 aromatic heterocycles. The van der Waals surface area contributed by atoms with Gasteiger partial charge in [-0.15, -0.1) is 11.3 Å². The molecule has 0 aliphatic rings. The Hall–Kier alpha value is -1.47. The average molecular weight is 286 g/mol. The van der Waals surface area contributed by atoms with Gasteiger partial charge in [-0.25, -0.2) is 4.98 Å². The first kappa shape index (κ1) is 15.6. The van der Waals surface area contributed by atoms with Gasteiger partial charge < -0.3 is 14.7 Å². The molecule has 6 nitrogen and oxygen atoms in total. The maximum Gasteiger partial charge on any atom is 0.323 e. The van der Waals surface area contributed by atoms with Crippen LogP contribution in [0.25, 0.3) is 0 Å². The minimum atomic E-state index is -1.05. The summed E-state index contributed by atoms with van der Waals surface area (Å²) in [7, 11) is 1.50. The van der Waals surface area contributed by atoms with Crippen LogP contribution in [0.2, 0.25) is 0 Å². The van der Waals surface area contributed by atoms with E-state index in [1.54, 1.807) is 5.38 Å². The van der Waals surface area contributed by atoms with E-state index in [2.05, 4.69) is 4.98 Å². The minimum Gasteiger partial charge on any atom is -0.480 e. The molecule has 0 spiro atoms. The van der Waals surface area contributed by atoms with Gasteiger partial charge in [0.2, 0.25) is 0 Å². The lowest BCUT2D eigenvalue weighted by Gasteiger charge is -2.19. The predicted molar refractivity (Wildman–Crippen MR) is 71.6 cm³/mol. The second kappa shape index (κ2) is 7.20. The highest BCUT2D eigenvalue weighted by molar-refractivity contribution is 7.09. The topological polar surface area (TPSA) is 79.7 Å². The van der Waals surface area contributed by atoms with E-state index in [9.17, 15) is 9.59 Å². The maximum absolute atomic E-state index is 12.2. The van der Waals surface area contributed by atoms with Crippen molar-refractivity contribution in [2.24, 2.45) is 0 Å². The first-order chi connectivity index (χ1) is 8.95. The van der Waals surface area contributed by atoms with Crippen molar-refractivity contribution >= 4 is 23.2 Å². The zero-order valence-electron chi connectivity index (χ0n) is 11.3. The van der Waals surface area contributed by atoms with Crippen LogP contribution in [0.3, 0.4) is 0 Å². The molecule has 0 aliphatic carbocycles. The largest absolute Gasteiger partial charge is 0.480 e. The second-order valence-corrected chi connectivity index (χ2v) is 5.23. The number of nitrogens with zero attached hydrogens (tertiary/aromatic N) is 2. The number of carboxylic acids is 1. The molecule has 19 heavy (non-hydrogen) atoms. The Balaban J connectivity index is 2.81. The van der Waals surface area contributed by atoms with Gasteiger partial charge in [-0.3, -0.25) is 9.59 Å². The SMILES string of the molecule is COCCN(CC(=O)O)C(=O)c1csc(C(C)C)n1. The third-order valence-electron chi connectivity index (χ3n) is 2.41. The third kappa shape index (κ3) is 4.60. The van der Waals surface area contributed by atoms with Crippen LogP contribution < -0.4 is 0 Å². The number of carboxylic acid groups (broad SMARTS) is 1. The number of carbonyl (C=O) groups excluding carboxylic acids is 1. The smallest absolute Gasteiger partial charge is 0.323 e. The van der Waals surface area contributed by atoms with Gasteiger partial charge in [0, 0.05) is 25.0 Å². The molecule has 0 unspecified atom stereocenters. The zero-order valence-corrected chi connectivity index (χ0v) is 12.1. The highest BCUT2D eigenvalue weighted by Crippen LogP contribution is 2.20. The molecule has 1 aromatic rings. The van der Waals surface area contributed by atoms with Crippen molar-refractivity contribution in [3.63, 3.8) is 0 Å². The molecular weight excluding hydrogens is 268 g/mol. The number of aromatic nitrogens is 1. The summed E-state index contributed by atoms with van der Waals surface area (Å²) in [5, 5.41) is 11.4. The van der Waals surface area contributed by atoms with Gasteiger partial charge in [0.15, 0.2) is 0 Å². The van der Waals surface area contributed by atoms with Crippen LogP contribution in [0.15, 0.2) is 5.38 Å². The fraction of sp³-hybridized carbons (Fsp3) is 0.583. The Bertz CT molecular complexity index is 445. The molecule has 1 rings (SSSR count). The molecule has 106 valence electrons. The molecule has 1 amide bonds. The number of hydrogen-bond donors (Lipinski definition) is 1. The number of aliphatic carboxylic acids is 1. The van der Waals surface area contributed by atoms with E-state index in [0.29, 0.717) is 12.3 Å². The van der Waals surface area contributed by atoms with Crippen molar-refractivity contribution in [1.29, 1.82) is 0 Å². The van der Waals surface area contributed by atoms with E-state index >= 15 is 0 Å². The highest BCUT2D eigenvalue weighted by Gasteiger charge is 2.21. The second-order valence-electron chi connectivity index (χ2n) is 4.34. The Labute approximate surface area is 116 Å². The van der Waals surface area contributed by atoms with Crippen molar-refractivity contribution in [2.45, 2.75) is 19.8 Å². The molecule has 0 saturated heterocycles. The number of ether oxygens (including phenoxy) is 1. The Kier molecular flexibility index (Phi) is 5.91. The predicted octanol–water partition coefficient (Wildman–Crippen LogP) is 1.44. The van der Waals surface area contributed by atoms with Gasteiger partial charge in [0.25, 0.3) is 5.91 Å². The van der Waals surface area contributed by atoms with Crippen molar-refractivity contribution in [3.05, 3.63) is 16.1 Å². The van der Waals surface area contributed by atoms with Gasteiger partial charge >= 0.3 is 5.97 Å². The summed E-state index contributed by atoms with van der Waals surface area (Å²) in [4.78, 5) is 28.4. The monoisotopic (exact) mass is 286 g/mol. The molecule has 0 aliphatic heterocycles. The molecule has 7 heteroatoms. The molecule has 1 heterocycles. The number of thiazole rings is 1. The lowest BCUT2D eigenvalue weighted by Crippen LogP contribution is -2.38. The number of hydrogen-bond acceptors (Lipinski definition) is 5. The number of rotatable bonds is 7. The molecule has 0 atom stereocenters. The van der Waals surface area contributed by atoms with Gasteiger partial charge in [-0.2, -0.15) is 0 Å². The van der Waals surface area contributed by atoms with Crippen LogP contribution in [-0.2, 0) is 9.53 Å². The zero-order chi connectivity index (χ0) is 14.4. The number of amides is 1. The number of carbonyl (C=O) groups is 2. The van der Waals surface area contributed by atoms with Crippen molar-refractivity contribution in [3.8, 4) is 0 Å². The Morgan fingerprint density at radius 2 is 2.21 bits per heavy atom. The molecular formula is C12H18N2O4S. The van der Waals surface area contributed by atoms with Crippen LogP contribution >= 0.6 is 11.3 Å². The van der Waals surface area contributed by atoms with E-state index in [1.807, 2.05) is 13.8 Å². The lowest BCUT2D eigenvalue weighted by atomic mass is 10.2. The first-order valence-corrected chi connectivity index (χ1v) is 6.79. The standard InChI is InChI=1S/C12H18N2O4S/c1-8(2)11-13-9(7-19-11)12(17)14(4-5-18-3)6-10(15)16/h7-8H,4-6H2,1-3H3,(H,15,16). The van der Waals surface area contributed by atoms with Crippen LogP contribution in [0.1, 0.15) is 35.3 Å². The van der Waals surface area contributed by atoms with E-state index < -0.39 is 5.97 Å². The fourth-order valence-electron chi connectivity index (χ4n) is 1.43. The first-order valence-electron chi connectivity index (χ1n) is 5.91. The summed E-state index contributed by atoms with van der Waals surface area (Å²) in [5.74, 6) is -1.18.